The molecule has 1 N–H and O–H groups in total. The van der Waals surface area contributed by atoms with Gasteiger partial charge in [-0.1, -0.05) is 26.0 Å². The summed E-state index contributed by atoms with van der Waals surface area (Å²) in [4.78, 5) is 25.7. The average Bonchev–Trinajstić information content (AvgIpc) is 2.68. The van der Waals surface area contributed by atoms with Crippen molar-refractivity contribution in [3.05, 3.63) is 70.0 Å². The normalized spacial score (nSPS) is 11.0. The minimum absolute atomic E-state index is 0.116. The molecule has 1 heterocycles. The van der Waals surface area contributed by atoms with Crippen molar-refractivity contribution in [2.75, 3.05) is 12.4 Å². The zero-order chi connectivity index (χ0) is 19.6. The highest BCUT2D eigenvalue weighted by molar-refractivity contribution is 6.05. The van der Waals surface area contributed by atoms with Gasteiger partial charge < -0.3 is 14.6 Å². The molecule has 1 aromatic heterocycles. The summed E-state index contributed by atoms with van der Waals surface area (Å²) in [5.74, 6) is 0.593. The van der Waals surface area contributed by atoms with Crippen LogP contribution in [-0.4, -0.2) is 17.6 Å². The average molecular weight is 364 g/mol. The third kappa shape index (κ3) is 3.72. The highest BCUT2D eigenvalue weighted by Gasteiger charge is 2.16. The van der Waals surface area contributed by atoms with Crippen LogP contribution in [0.1, 0.15) is 42.6 Å². The van der Waals surface area contributed by atoms with Crippen molar-refractivity contribution in [2.24, 2.45) is 0 Å². The maximum absolute atomic E-state index is 12.9. The lowest BCUT2D eigenvalue weighted by atomic mass is 10.0. The first kappa shape index (κ1) is 18.7. The molecule has 3 rings (SSSR count). The number of rotatable bonds is 5. The molecule has 0 aliphatic rings. The number of nitrogens with zero attached hydrogens (tertiary/aromatic N) is 1. The molecule has 0 radical (unpaired) electrons. The summed E-state index contributed by atoms with van der Waals surface area (Å²) in [6, 6.07) is 13.0. The van der Waals surface area contributed by atoms with Crippen molar-refractivity contribution in [1.29, 1.82) is 0 Å². The number of carbonyl (C=O) groups excluding carboxylic acids is 1. The fourth-order valence-electron chi connectivity index (χ4n) is 3.08. The van der Waals surface area contributed by atoms with Gasteiger partial charge in [0.25, 0.3) is 5.91 Å². The molecule has 0 aliphatic heterocycles. The van der Waals surface area contributed by atoms with Gasteiger partial charge in [0.1, 0.15) is 11.3 Å². The van der Waals surface area contributed by atoms with Crippen LogP contribution in [0.5, 0.6) is 5.75 Å². The highest BCUT2D eigenvalue weighted by Crippen LogP contribution is 2.20. The topological polar surface area (TPSA) is 60.3 Å². The Hall–Kier alpha value is -3.08. The molecule has 0 aliphatic carbocycles. The first-order valence-corrected chi connectivity index (χ1v) is 9.07. The quantitative estimate of drug-likeness (QED) is 0.730. The predicted octanol–water partition coefficient (Wildman–Crippen LogP) is 4.41. The summed E-state index contributed by atoms with van der Waals surface area (Å²) < 4.78 is 7.12. The van der Waals surface area contributed by atoms with E-state index in [1.165, 1.54) is 5.56 Å². The van der Waals surface area contributed by atoms with E-state index in [2.05, 4.69) is 19.2 Å². The molecule has 0 atom stereocenters. The monoisotopic (exact) mass is 364 g/mol. The zero-order valence-corrected chi connectivity index (χ0v) is 16.1. The van der Waals surface area contributed by atoms with Crippen LogP contribution in [0, 0.1) is 0 Å². The molecule has 0 fully saturated rings. The molecule has 140 valence electrons. The van der Waals surface area contributed by atoms with E-state index in [0.717, 1.165) is 5.52 Å². The molecular weight excluding hydrogens is 340 g/mol. The van der Waals surface area contributed by atoms with Gasteiger partial charge in [0.15, 0.2) is 0 Å². The highest BCUT2D eigenvalue weighted by atomic mass is 16.5. The Kier molecular flexibility index (Phi) is 5.31. The minimum atomic E-state index is -0.413. The van der Waals surface area contributed by atoms with Crippen molar-refractivity contribution in [3.8, 4) is 5.75 Å². The Morgan fingerprint density at radius 3 is 2.44 bits per heavy atom. The molecule has 0 saturated heterocycles. The number of hydrogen-bond donors (Lipinski definition) is 1. The first-order valence-electron chi connectivity index (χ1n) is 9.07. The minimum Gasteiger partial charge on any atom is -0.497 e. The van der Waals surface area contributed by atoms with Gasteiger partial charge in [0, 0.05) is 18.4 Å². The van der Waals surface area contributed by atoms with Crippen LogP contribution in [-0.2, 0) is 6.54 Å². The number of ether oxygens (including phenoxy) is 1. The van der Waals surface area contributed by atoms with Crippen molar-refractivity contribution >= 4 is 22.5 Å². The van der Waals surface area contributed by atoms with Crippen LogP contribution in [0.4, 0.5) is 5.69 Å². The lowest BCUT2D eigenvalue weighted by Gasteiger charge is -2.13. The fourth-order valence-corrected chi connectivity index (χ4v) is 3.08. The second-order valence-electron chi connectivity index (χ2n) is 6.77. The third-order valence-corrected chi connectivity index (χ3v) is 4.71. The summed E-state index contributed by atoms with van der Waals surface area (Å²) in [5.41, 5.74) is 2.45. The van der Waals surface area contributed by atoms with Crippen LogP contribution < -0.4 is 15.5 Å². The molecule has 0 unspecified atom stereocenters. The van der Waals surface area contributed by atoms with Crippen molar-refractivity contribution in [3.63, 3.8) is 0 Å². The Balaban J connectivity index is 2.01. The largest absolute Gasteiger partial charge is 0.497 e. The van der Waals surface area contributed by atoms with E-state index in [9.17, 15) is 9.59 Å². The van der Waals surface area contributed by atoms with Crippen LogP contribution >= 0.6 is 0 Å². The number of fused-ring (bicyclic) bond motifs is 1. The third-order valence-electron chi connectivity index (χ3n) is 4.71. The van der Waals surface area contributed by atoms with E-state index in [-0.39, 0.29) is 11.0 Å². The van der Waals surface area contributed by atoms with Gasteiger partial charge in [-0.3, -0.25) is 9.59 Å². The van der Waals surface area contributed by atoms with Crippen LogP contribution in [0.25, 0.3) is 10.9 Å². The summed E-state index contributed by atoms with van der Waals surface area (Å²) in [6.07, 6.45) is 1.62. The summed E-state index contributed by atoms with van der Waals surface area (Å²) in [7, 11) is 1.55. The van der Waals surface area contributed by atoms with Gasteiger partial charge in [0.2, 0.25) is 5.43 Å². The number of carbonyl (C=O) groups is 1. The summed E-state index contributed by atoms with van der Waals surface area (Å²) in [5, 5.41) is 3.30. The van der Waals surface area contributed by atoms with Gasteiger partial charge >= 0.3 is 0 Å². The smallest absolute Gasteiger partial charge is 0.261 e. The first-order chi connectivity index (χ1) is 12.9. The number of methoxy groups -OCH3 is 1. The van der Waals surface area contributed by atoms with Crippen LogP contribution in [0.15, 0.2) is 53.5 Å². The predicted molar refractivity (Wildman–Crippen MR) is 109 cm³/mol. The molecule has 1 amide bonds. The number of nitrogens with one attached hydrogen (secondary N) is 1. The zero-order valence-electron chi connectivity index (χ0n) is 16.1. The van der Waals surface area contributed by atoms with Gasteiger partial charge in [-0.15, -0.1) is 0 Å². The number of amides is 1. The van der Waals surface area contributed by atoms with Gasteiger partial charge in [-0.2, -0.15) is 0 Å². The molecule has 5 heteroatoms. The molecule has 0 bridgehead atoms. The van der Waals surface area contributed by atoms with E-state index in [4.69, 9.17) is 4.74 Å². The second-order valence-corrected chi connectivity index (χ2v) is 6.77. The number of hydrogen-bond acceptors (Lipinski definition) is 3. The molecule has 2 aromatic carbocycles. The van der Waals surface area contributed by atoms with E-state index in [1.54, 1.807) is 19.4 Å². The van der Waals surface area contributed by atoms with E-state index < -0.39 is 5.91 Å². The van der Waals surface area contributed by atoms with E-state index >= 15 is 0 Å². The van der Waals surface area contributed by atoms with Crippen molar-refractivity contribution in [1.82, 2.24) is 4.57 Å². The standard InChI is InChI=1S/C22H24N2O3/c1-5-24-13-19(21(25)18-12-17(27-4)10-11-20(18)24)22(26)23-16-8-6-15(7-9-16)14(2)3/h6-14H,5H2,1-4H3,(H,23,26). The van der Waals surface area contributed by atoms with Crippen LogP contribution in [0.2, 0.25) is 0 Å². The maximum atomic E-state index is 12.9. The number of pyridine rings is 1. The lowest BCUT2D eigenvalue weighted by Crippen LogP contribution is -2.24. The van der Waals surface area contributed by atoms with Gasteiger partial charge in [-0.25, -0.2) is 0 Å². The maximum Gasteiger partial charge on any atom is 0.261 e. The number of benzene rings is 2. The Labute approximate surface area is 158 Å². The van der Waals surface area contributed by atoms with Crippen molar-refractivity contribution in [2.45, 2.75) is 33.2 Å². The lowest BCUT2D eigenvalue weighted by molar-refractivity contribution is 0.102. The van der Waals surface area contributed by atoms with Crippen molar-refractivity contribution < 1.29 is 9.53 Å². The van der Waals surface area contributed by atoms with E-state index in [1.807, 2.05) is 47.9 Å². The van der Waals surface area contributed by atoms with E-state index in [0.29, 0.717) is 29.3 Å². The molecular formula is C22H24N2O3. The molecule has 5 nitrogen and oxygen atoms in total. The second kappa shape index (κ2) is 7.66. The summed E-state index contributed by atoms with van der Waals surface area (Å²) >= 11 is 0. The Morgan fingerprint density at radius 2 is 1.85 bits per heavy atom. The Bertz CT molecular complexity index is 1030. The molecule has 3 aromatic rings. The molecule has 27 heavy (non-hydrogen) atoms. The van der Waals surface area contributed by atoms with Gasteiger partial charge in [-0.05, 0) is 48.7 Å². The molecule has 0 spiro atoms. The summed E-state index contributed by atoms with van der Waals surface area (Å²) in [6.45, 7) is 6.85. The number of aromatic nitrogens is 1. The van der Waals surface area contributed by atoms with Crippen LogP contribution in [0.3, 0.4) is 0 Å². The Morgan fingerprint density at radius 1 is 1.15 bits per heavy atom. The molecule has 0 saturated carbocycles. The number of anilines is 1. The fraction of sp³-hybridized carbons (Fsp3) is 0.273. The van der Waals surface area contributed by atoms with Gasteiger partial charge in [0.05, 0.1) is 18.0 Å². The SMILES string of the molecule is CCn1cc(C(=O)Nc2ccc(C(C)C)cc2)c(=O)c2cc(OC)ccc21. The number of aryl methyl sites for hydroxylation is 1.